The van der Waals surface area contributed by atoms with Crippen molar-refractivity contribution in [2.45, 2.75) is 6.42 Å². The summed E-state index contributed by atoms with van der Waals surface area (Å²) in [7, 11) is 0. The van der Waals surface area contributed by atoms with E-state index >= 15 is 0 Å². The standard InChI is InChI=1S/C20H20FN5O/c21-17-5-3-16(4-6-17)13-20(27)26-11-9-25(10-12-26)19-14-18(22-15-23-19)24-7-1-2-8-24/h1-8,14-15H,9-13H2. The molecule has 1 amide bonds. The van der Waals surface area contributed by atoms with Crippen molar-refractivity contribution in [3.63, 3.8) is 0 Å². The molecule has 0 spiro atoms. The molecule has 7 heteroatoms. The highest BCUT2D eigenvalue weighted by Crippen LogP contribution is 2.17. The topological polar surface area (TPSA) is 54.3 Å². The molecule has 138 valence electrons. The van der Waals surface area contributed by atoms with Crippen LogP contribution in [-0.2, 0) is 11.2 Å². The molecule has 0 bridgehead atoms. The number of halogens is 1. The zero-order chi connectivity index (χ0) is 18.6. The predicted octanol–water partition coefficient (Wildman–Crippen LogP) is 2.30. The first kappa shape index (κ1) is 17.2. The van der Waals surface area contributed by atoms with Crippen LogP contribution in [-0.4, -0.2) is 51.5 Å². The number of carbonyl (C=O) groups excluding carboxylic acids is 1. The van der Waals surface area contributed by atoms with Crippen LogP contribution in [0.1, 0.15) is 5.56 Å². The van der Waals surface area contributed by atoms with Crippen molar-refractivity contribution in [1.82, 2.24) is 19.4 Å². The van der Waals surface area contributed by atoms with Crippen LogP contribution in [0.5, 0.6) is 0 Å². The molecule has 1 aliphatic rings. The van der Waals surface area contributed by atoms with Gasteiger partial charge in [0.1, 0.15) is 23.8 Å². The van der Waals surface area contributed by atoms with Gasteiger partial charge in [0, 0.05) is 44.6 Å². The van der Waals surface area contributed by atoms with Gasteiger partial charge >= 0.3 is 0 Å². The van der Waals surface area contributed by atoms with Crippen molar-refractivity contribution in [3.8, 4) is 5.82 Å². The molecule has 3 heterocycles. The second kappa shape index (κ2) is 7.57. The number of rotatable bonds is 4. The molecular weight excluding hydrogens is 345 g/mol. The predicted molar refractivity (Wildman–Crippen MR) is 100 cm³/mol. The van der Waals surface area contributed by atoms with E-state index in [1.165, 1.54) is 12.1 Å². The summed E-state index contributed by atoms with van der Waals surface area (Å²) < 4.78 is 14.9. The molecular formula is C20H20FN5O. The van der Waals surface area contributed by atoms with Crippen LogP contribution in [0.2, 0.25) is 0 Å². The first-order valence-electron chi connectivity index (χ1n) is 8.91. The Hall–Kier alpha value is -3.22. The Morgan fingerprint density at radius 1 is 0.963 bits per heavy atom. The quantitative estimate of drug-likeness (QED) is 0.712. The Kier molecular flexibility index (Phi) is 4.82. The van der Waals surface area contributed by atoms with Gasteiger partial charge in [0.25, 0.3) is 0 Å². The molecule has 1 aromatic carbocycles. The molecule has 3 aromatic rings. The molecule has 6 nitrogen and oxygen atoms in total. The van der Waals surface area contributed by atoms with Crippen molar-refractivity contribution >= 4 is 11.7 Å². The minimum absolute atomic E-state index is 0.0666. The van der Waals surface area contributed by atoms with E-state index in [9.17, 15) is 9.18 Å². The fourth-order valence-electron chi connectivity index (χ4n) is 3.21. The van der Waals surface area contributed by atoms with E-state index in [-0.39, 0.29) is 11.7 Å². The van der Waals surface area contributed by atoms with Crippen molar-refractivity contribution in [2.75, 3.05) is 31.1 Å². The summed E-state index contributed by atoms with van der Waals surface area (Å²) in [5.41, 5.74) is 0.830. The highest BCUT2D eigenvalue weighted by Gasteiger charge is 2.22. The lowest BCUT2D eigenvalue weighted by Crippen LogP contribution is -2.49. The van der Waals surface area contributed by atoms with E-state index in [1.54, 1.807) is 18.5 Å². The number of amides is 1. The average Bonchev–Trinajstić information content (AvgIpc) is 3.25. The number of anilines is 1. The molecule has 0 N–H and O–H groups in total. The van der Waals surface area contributed by atoms with Gasteiger partial charge in [-0.25, -0.2) is 14.4 Å². The second-order valence-corrected chi connectivity index (χ2v) is 6.50. The van der Waals surface area contributed by atoms with Gasteiger partial charge in [0.15, 0.2) is 0 Å². The molecule has 27 heavy (non-hydrogen) atoms. The lowest BCUT2D eigenvalue weighted by atomic mass is 10.1. The Labute approximate surface area is 156 Å². The normalized spacial score (nSPS) is 14.4. The van der Waals surface area contributed by atoms with Crippen LogP contribution in [0.15, 0.2) is 61.2 Å². The maximum absolute atomic E-state index is 13.0. The first-order valence-corrected chi connectivity index (χ1v) is 8.91. The summed E-state index contributed by atoms with van der Waals surface area (Å²) >= 11 is 0. The maximum atomic E-state index is 13.0. The zero-order valence-corrected chi connectivity index (χ0v) is 14.8. The summed E-state index contributed by atoms with van der Waals surface area (Å²) in [6, 6.07) is 12.0. The smallest absolute Gasteiger partial charge is 0.227 e. The van der Waals surface area contributed by atoms with Gasteiger partial charge in [-0.05, 0) is 29.8 Å². The third kappa shape index (κ3) is 3.97. The van der Waals surface area contributed by atoms with Gasteiger partial charge in [-0.3, -0.25) is 4.79 Å². The third-order valence-electron chi connectivity index (χ3n) is 4.73. The molecule has 2 aromatic heterocycles. The number of aromatic nitrogens is 3. The molecule has 0 saturated carbocycles. The monoisotopic (exact) mass is 365 g/mol. The van der Waals surface area contributed by atoms with Crippen LogP contribution in [0.3, 0.4) is 0 Å². The maximum Gasteiger partial charge on any atom is 0.227 e. The summed E-state index contributed by atoms with van der Waals surface area (Å²) in [6.45, 7) is 2.72. The van der Waals surface area contributed by atoms with Gasteiger partial charge < -0.3 is 14.4 Å². The fourth-order valence-corrected chi connectivity index (χ4v) is 3.21. The Morgan fingerprint density at radius 2 is 1.63 bits per heavy atom. The van der Waals surface area contributed by atoms with Crippen molar-refractivity contribution in [3.05, 3.63) is 72.6 Å². The van der Waals surface area contributed by atoms with E-state index in [1.807, 2.05) is 40.1 Å². The molecule has 0 radical (unpaired) electrons. The SMILES string of the molecule is O=C(Cc1ccc(F)cc1)N1CCN(c2cc(-n3cccc3)ncn2)CC1. The Balaban J connectivity index is 1.37. The number of hydrogen-bond donors (Lipinski definition) is 0. The number of nitrogens with zero attached hydrogens (tertiary/aromatic N) is 5. The summed E-state index contributed by atoms with van der Waals surface area (Å²) in [6.07, 6.45) is 5.75. The van der Waals surface area contributed by atoms with Crippen LogP contribution in [0.25, 0.3) is 5.82 Å². The number of hydrogen-bond acceptors (Lipinski definition) is 4. The average molecular weight is 365 g/mol. The number of benzene rings is 1. The van der Waals surface area contributed by atoms with Crippen LogP contribution in [0, 0.1) is 5.82 Å². The number of piperazine rings is 1. The minimum atomic E-state index is -0.288. The van der Waals surface area contributed by atoms with Crippen molar-refractivity contribution in [2.24, 2.45) is 0 Å². The Bertz CT molecular complexity index is 902. The highest BCUT2D eigenvalue weighted by atomic mass is 19.1. The molecule has 4 rings (SSSR count). The van der Waals surface area contributed by atoms with E-state index in [4.69, 9.17) is 0 Å². The van der Waals surface area contributed by atoms with Gasteiger partial charge in [-0.15, -0.1) is 0 Å². The van der Waals surface area contributed by atoms with Gasteiger partial charge in [-0.1, -0.05) is 12.1 Å². The second-order valence-electron chi connectivity index (χ2n) is 6.50. The van der Waals surface area contributed by atoms with Crippen LogP contribution < -0.4 is 4.90 Å². The molecule has 0 unspecified atom stereocenters. The van der Waals surface area contributed by atoms with Gasteiger partial charge in [-0.2, -0.15) is 0 Å². The lowest BCUT2D eigenvalue weighted by molar-refractivity contribution is -0.130. The summed E-state index contributed by atoms with van der Waals surface area (Å²) in [5.74, 6) is 1.46. The third-order valence-corrected chi connectivity index (χ3v) is 4.73. The van der Waals surface area contributed by atoms with E-state index < -0.39 is 0 Å². The molecule has 1 aliphatic heterocycles. The first-order chi connectivity index (χ1) is 13.2. The lowest BCUT2D eigenvalue weighted by Gasteiger charge is -2.35. The molecule has 0 aliphatic carbocycles. The van der Waals surface area contributed by atoms with E-state index in [0.29, 0.717) is 19.5 Å². The zero-order valence-electron chi connectivity index (χ0n) is 14.8. The van der Waals surface area contributed by atoms with Crippen LogP contribution >= 0.6 is 0 Å². The number of carbonyl (C=O) groups is 1. The highest BCUT2D eigenvalue weighted by molar-refractivity contribution is 5.79. The van der Waals surface area contributed by atoms with Gasteiger partial charge in [0.05, 0.1) is 6.42 Å². The molecule has 0 atom stereocenters. The van der Waals surface area contributed by atoms with E-state index in [0.717, 1.165) is 30.3 Å². The van der Waals surface area contributed by atoms with Crippen molar-refractivity contribution in [1.29, 1.82) is 0 Å². The summed E-state index contributed by atoms with van der Waals surface area (Å²) in [5, 5.41) is 0. The summed E-state index contributed by atoms with van der Waals surface area (Å²) in [4.78, 5) is 25.2. The molecule has 1 fully saturated rings. The van der Waals surface area contributed by atoms with Crippen molar-refractivity contribution < 1.29 is 9.18 Å². The fraction of sp³-hybridized carbons (Fsp3) is 0.250. The van der Waals surface area contributed by atoms with Gasteiger partial charge in [0.2, 0.25) is 5.91 Å². The molecule has 1 saturated heterocycles. The minimum Gasteiger partial charge on any atom is -0.353 e. The largest absolute Gasteiger partial charge is 0.353 e. The van der Waals surface area contributed by atoms with E-state index in [2.05, 4.69) is 14.9 Å². The van der Waals surface area contributed by atoms with Crippen LogP contribution in [0.4, 0.5) is 10.2 Å². The Morgan fingerprint density at radius 3 is 2.33 bits per heavy atom.